The topological polar surface area (TPSA) is 78.3 Å². The number of esters is 1. The standard InChI is InChI=1S/C10H18N2O2/c1-14-9(13)7-4-6-2-3-8(7)10(11,12)5-6/h6-8H,2-5,11-12H2,1H3/t6-,7+,8?/m0/s1. The smallest absolute Gasteiger partial charge is 0.309 e. The maximum Gasteiger partial charge on any atom is 0.309 e. The highest BCUT2D eigenvalue weighted by molar-refractivity contribution is 5.73. The molecule has 4 nitrogen and oxygen atoms in total. The van der Waals surface area contributed by atoms with Gasteiger partial charge in [-0.25, -0.2) is 0 Å². The highest BCUT2D eigenvalue weighted by atomic mass is 16.5. The van der Waals surface area contributed by atoms with E-state index in [-0.39, 0.29) is 17.8 Å². The fourth-order valence-electron chi connectivity index (χ4n) is 3.15. The van der Waals surface area contributed by atoms with Gasteiger partial charge in [0.2, 0.25) is 0 Å². The first-order valence-electron chi connectivity index (χ1n) is 5.20. The average molecular weight is 198 g/mol. The zero-order valence-corrected chi connectivity index (χ0v) is 8.53. The fourth-order valence-corrected chi connectivity index (χ4v) is 3.15. The van der Waals surface area contributed by atoms with Gasteiger partial charge >= 0.3 is 5.97 Å². The van der Waals surface area contributed by atoms with Crippen LogP contribution in [-0.4, -0.2) is 18.7 Å². The molecule has 0 saturated heterocycles. The molecule has 2 bridgehead atoms. The van der Waals surface area contributed by atoms with Gasteiger partial charge in [-0.1, -0.05) is 0 Å². The van der Waals surface area contributed by atoms with E-state index in [1.807, 2.05) is 0 Å². The summed E-state index contributed by atoms with van der Waals surface area (Å²) in [6.07, 6.45) is 3.89. The lowest BCUT2D eigenvalue weighted by molar-refractivity contribution is -0.154. The number of methoxy groups -OCH3 is 1. The first-order chi connectivity index (χ1) is 6.54. The first kappa shape index (κ1) is 9.93. The van der Waals surface area contributed by atoms with Gasteiger partial charge in [-0.15, -0.1) is 0 Å². The molecule has 3 aliphatic rings. The van der Waals surface area contributed by atoms with Gasteiger partial charge in [0.25, 0.3) is 0 Å². The summed E-state index contributed by atoms with van der Waals surface area (Å²) in [7, 11) is 1.43. The molecule has 0 aliphatic heterocycles. The summed E-state index contributed by atoms with van der Waals surface area (Å²) < 4.78 is 4.79. The van der Waals surface area contributed by atoms with Crippen LogP contribution in [0.4, 0.5) is 0 Å². The van der Waals surface area contributed by atoms with E-state index in [9.17, 15) is 4.79 Å². The van der Waals surface area contributed by atoms with Crippen LogP contribution in [0.3, 0.4) is 0 Å². The molecule has 3 saturated carbocycles. The van der Waals surface area contributed by atoms with E-state index in [1.54, 1.807) is 0 Å². The van der Waals surface area contributed by atoms with Crippen LogP contribution in [0, 0.1) is 17.8 Å². The van der Waals surface area contributed by atoms with Crippen molar-refractivity contribution in [1.29, 1.82) is 0 Å². The van der Waals surface area contributed by atoms with E-state index in [4.69, 9.17) is 16.2 Å². The lowest BCUT2D eigenvalue weighted by atomic mass is 9.59. The molecule has 0 heterocycles. The molecule has 0 radical (unpaired) electrons. The normalized spacial score (nSPS) is 39.5. The van der Waals surface area contributed by atoms with E-state index < -0.39 is 5.66 Å². The number of hydrogen-bond acceptors (Lipinski definition) is 4. The minimum absolute atomic E-state index is 0.0671. The third kappa shape index (κ3) is 1.42. The van der Waals surface area contributed by atoms with Crippen molar-refractivity contribution in [2.45, 2.75) is 31.3 Å². The summed E-state index contributed by atoms with van der Waals surface area (Å²) in [5, 5.41) is 0. The maximum atomic E-state index is 11.5. The quantitative estimate of drug-likeness (QED) is 0.466. The highest BCUT2D eigenvalue weighted by Crippen LogP contribution is 2.47. The Hall–Kier alpha value is -0.610. The summed E-state index contributed by atoms with van der Waals surface area (Å²) in [6.45, 7) is 0. The Kier molecular flexibility index (Phi) is 2.27. The van der Waals surface area contributed by atoms with Crippen molar-refractivity contribution in [2.75, 3.05) is 7.11 Å². The lowest BCUT2D eigenvalue weighted by Gasteiger charge is -2.50. The van der Waals surface area contributed by atoms with Gasteiger partial charge < -0.3 is 16.2 Å². The zero-order chi connectivity index (χ0) is 10.3. The number of ether oxygens (including phenoxy) is 1. The number of hydrogen-bond donors (Lipinski definition) is 2. The van der Waals surface area contributed by atoms with Gasteiger partial charge in [-0.05, 0) is 31.6 Å². The second-order valence-electron chi connectivity index (χ2n) is 4.73. The third-order valence-electron chi connectivity index (χ3n) is 3.80. The van der Waals surface area contributed by atoms with E-state index >= 15 is 0 Å². The molecular weight excluding hydrogens is 180 g/mol. The number of nitrogens with two attached hydrogens (primary N) is 2. The Labute approximate surface area is 84.0 Å². The van der Waals surface area contributed by atoms with Crippen molar-refractivity contribution >= 4 is 5.97 Å². The predicted molar refractivity (Wildman–Crippen MR) is 52.1 cm³/mol. The van der Waals surface area contributed by atoms with Gasteiger partial charge in [0.1, 0.15) is 0 Å². The summed E-state index contributed by atoms with van der Waals surface area (Å²) in [6, 6.07) is 0. The van der Waals surface area contributed by atoms with Gasteiger partial charge in [0.15, 0.2) is 0 Å². The first-order valence-corrected chi connectivity index (χ1v) is 5.20. The zero-order valence-electron chi connectivity index (χ0n) is 8.53. The Morgan fingerprint density at radius 3 is 2.64 bits per heavy atom. The van der Waals surface area contributed by atoms with E-state index in [2.05, 4.69) is 0 Å². The molecule has 80 valence electrons. The minimum atomic E-state index is -0.653. The summed E-state index contributed by atoms with van der Waals surface area (Å²) in [5.41, 5.74) is 11.4. The fraction of sp³-hybridized carbons (Fsp3) is 0.900. The molecule has 1 unspecified atom stereocenters. The van der Waals surface area contributed by atoms with E-state index in [0.717, 1.165) is 25.7 Å². The Morgan fingerprint density at radius 1 is 1.43 bits per heavy atom. The monoisotopic (exact) mass is 198 g/mol. The molecule has 3 aliphatic carbocycles. The van der Waals surface area contributed by atoms with Crippen LogP contribution in [0.1, 0.15) is 25.7 Å². The van der Waals surface area contributed by atoms with Gasteiger partial charge in [0.05, 0.1) is 18.7 Å². The van der Waals surface area contributed by atoms with Crippen LogP contribution in [0.15, 0.2) is 0 Å². The second-order valence-corrected chi connectivity index (χ2v) is 4.73. The Morgan fingerprint density at radius 2 is 2.14 bits per heavy atom. The minimum Gasteiger partial charge on any atom is -0.469 e. The number of carbonyl (C=O) groups excluding carboxylic acids is 1. The molecule has 3 rings (SSSR count). The summed E-state index contributed by atoms with van der Waals surface area (Å²) in [4.78, 5) is 11.5. The van der Waals surface area contributed by atoms with Crippen LogP contribution in [-0.2, 0) is 9.53 Å². The molecule has 4 N–H and O–H groups in total. The third-order valence-corrected chi connectivity index (χ3v) is 3.80. The van der Waals surface area contributed by atoms with Crippen LogP contribution in [0.2, 0.25) is 0 Å². The summed E-state index contributed by atoms with van der Waals surface area (Å²) in [5.74, 6) is 0.418. The van der Waals surface area contributed by atoms with Gasteiger partial charge in [0, 0.05) is 5.92 Å². The average Bonchev–Trinajstić information content (AvgIpc) is 2.15. The molecule has 0 aromatic rings. The predicted octanol–water partition coefficient (Wildman–Crippen LogP) is 0.209. The number of rotatable bonds is 1. The van der Waals surface area contributed by atoms with Crippen LogP contribution < -0.4 is 11.5 Å². The van der Waals surface area contributed by atoms with Crippen molar-refractivity contribution in [1.82, 2.24) is 0 Å². The van der Waals surface area contributed by atoms with Crippen LogP contribution in [0.25, 0.3) is 0 Å². The van der Waals surface area contributed by atoms with Crippen LogP contribution in [0.5, 0.6) is 0 Å². The van der Waals surface area contributed by atoms with Crippen molar-refractivity contribution in [3.05, 3.63) is 0 Å². The molecule has 14 heavy (non-hydrogen) atoms. The van der Waals surface area contributed by atoms with Crippen molar-refractivity contribution < 1.29 is 9.53 Å². The molecule has 0 amide bonds. The molecule has 3 fully saturated rings. The Balaban J connectivity index is 2.18. The van der Waals surface area contributed by atoms with Crippen molar-refractivity contribution in [3.63, 3.8) is 0 Å². The Bertz CT molecular complexity index is 253. The molecule has 0 aromatic heterocycles. The van der Waals surface area contributed by atoms with Crippen molar-refractivity contribution in [3.8, 4) is 0 Å². The SMILES string of the molecule is COC(=O)[C@@H]1C[C@@H]2CCC1C(N)(N)C2. The van der Waals surface area contributed by atoms with E-state index in [1.165, 1.54) is 7.11 Å². The van der Waals surface area contributed by atoms with Gasteiger partial charge in [-0.3, -0.25) is 4.79 Å². The highest BCUT2D eigenvalue weighted by Gasteiger charge is 2.50. The molecule has 4 heteroatoms. The molecule has 0 aromatic carbocycles. The molecule has 0 spiro atoms. The lowest BCUT2D eigenvalue weighted by Crippen LogP contribution is -2.64. The maximum absolute atomic E-state index is 11.5. The molecule has 3 atom stereocenters. The number of carbonyl (C=O) groups is 1. The number of fused-ring (bicyclic) bond motifs is 3. The van der Waals surface area contributed by atoms with Gasteiger partial charge in [-0.2, -0.15) is 0 Å². The molecular formula is C10H18N2O2. The second kappa shape index (κ2) is 3.21. The van der Waals surface area contributed by atoms with Crippen LogP contribution >= 0.6 is 0 Å². The van der Waals surface area contributed by atoms with E-state index in [0.29, 0.717) is 5.92 Å². The summed E-state index contributed by atoms with van der Waals surface area (Å²) >= 11 is 0. The van der Waals surface area contributed by atoms with Crippen molar-refractivity contribution in [2.24, 2.45) is 29.2 Å². The largest absolute Gasteiger partial charge is 0.469 e.